The van der Waals surface area contributed by atoms with Gasteiger partial charge >= 0.3 is 5.97 Å². The fourth-order valence-corrected chi connectivity index (χ4v) is 1.82. The van der Waals surface area contributed by atoms with Crippen LogP contribution in [0.2, 0.25) is 0 Å². The summed E-state index contributed by atoms with van der Waals surface area (Å²) in [5.74, 6) is -0.152. The third-order valence-corrected chi connectivity index (χ3v) is 2.79. The summed E-state index contributed by atoms with van der Waals surface area (Å²) >= 11 is 0. The van der Waals surface area contributed by atoms with Gasteiger partial charge in [0.05, 0.1) is 11.7 Å². The number of rotatable bonds is 8. The molecule has 0 saturated heterocycles. The molecule has 1 unspecified atom stereocenters. The summed E-state index contributed by atoms with van der Waals surface area (Å²) < 4.78 is 0. The number of nitrogens with zero attached hydrogens (tertiary/aromatic N) is 3. The Kier molecular flexibility index (Phi) is 5.82. The molecule has 0 amide bonds. The average molecular weight is 332 g/mol. The molecule has 10 heteroatoms. The molecule has 0 bridgehead atoms. The van der Waals surface area contributed by atoms with Crippen molar-refractivity contribution in [2.75, 3.05) is 29.0 Å². The number of carboxylic acid groups (broad SMARTS) is 1. The van der Waals surface area contributed by atoms with Crippen molar-refractivity contribution in [3.05, 3.63) is 29.8 Å². The maximum absolute atomic E-state index is 11.0. The molecule has 2 rings (SSSR count). The van der Waals surface area contributed by atoms with Gasteiger partial charge in [0.25, 0.3) is 0 Å². The van der Waals surface area contributed by atoms with Gasteiger partial charge in [-0.3, -0.25) is 0 Å². The number of aromatic nitrogens is 3. The predicted molar refractivity (Wildman–Crippen MR) is 91.3 cm³/mol. The summed E-state index contributed by atoms with van der Waals surface area (Å²) in [7, 11) is 0. The monoisotopic (exact) mass is 332 g/mol. The van der Waals surface area contributed by atoms with E-state index in [1.165, 1.54) is 12.1 Å². The maximum Gasteiger partial charge on any atom is 0.335 e. The van der Waals surface area contributed by atoms with Gasteiger partial charge in [0.15, 0.2) is 0 Å². The number of hydrogen-bond acceptors (Lipinski definition) is 9. The molecule has 0 saturated carbocycles. The second-order valence-corrected chi connectivity index (χ2v) is 4.97. The third kappa shape index (κ3) is 5.04. The lowest BCUT2D eigenvalue weighted by atomic mass is 10.2. The minimum Gasteiger partial charge on any atom is -0.478 e. The number of anilines is 4. The van der Waals surface area contributed by atoms with Crippen molar-refractivity contribution in [3.8, 4) is 0 Å². The minimum absolute atomic E-state index is 0.157. The summed E-state index contributed by atoms with van der Waals surface area (Å²) in [4.78, 5) is 23.7. The van der Waals surface area contributed by atoms with E-state index in [0.717, 1.165) is 0 Å². The Bertz CT molecular complexity index is 707. The number of benzene rings is 1. The molecule has 1 atom stereocenters. The predicted octanol–water partition coefficient (Wildman–Crippen LogP) is 0.401. The van der Waals surface area contributed by atoms with E-state index in [9.17, 15) is 4.79 Å². The molecule has 0 radical (unpaired) electrons. The Hall–Kier alpha value is -2.98. The molecular weight excluding hydrogens is 312 g/mol. The molecule has 0 aliphatic heterocycles. The van der Waals surface area contributed by atoms with Gasteiger partial charge in [-0.1, -0.05) is 6.07 Å². The summed E-state index contributed by atoms with van der Waals surface area (Å²) in [5, 5.41) is 17.8. The Morgan fingerprint density at radius 2 is 1.96 bits per heavy atom. The number of nitrogens with one attached hydrogen (secondary N) is 3. The van der Waals surface area contributed by atoms with E-state index in [1.807, 2.05) is 0 Å². The summed E-state index contributed by atoms with van der Waals surface area (Å²) in [6.45, 7) is 2.67. The van der Waals surface area contributed by atoms with Crippen molar-refractivity contribution < 1.29 is 9.90 Å². The van der Waals surface area contributed by atoms with Crippen LogP contribution >= 0.6 is 0 Å². The minimum atomic E-state index is -1.01. The first-order valence-electron chi connectivity index (χ1n) is 7.30. The fourth-order valence-electron chi connectivity index (χ4n) is 1.82. The highest BCUT2D eigenvalue weighted by molar-refractivity contribution is 5.89. The van der Waals surface area contributed by atoms with Crippen molar-refractivity contribution in [2.24, 2.45) is 11.5 Å². The zero-order valence-corrected chi connectivity index (χ0v) is 13.2. The smallest absolute Gasteiger partial charge is 0.335 e. The second kappa shape index (κ2) is 8.04. The summed E-state index contributed by atoms with van der Waals surface area (Å²) in [5.41, 5.74) is 11.9. The first-order valence-corrected chi connectivity index (χ1v) is 7.30. The molecule has 0 aliphatic rings. The molecule has 24 heavy (non-hydrogen) atoms. The van der Waals surface area contributed by atoms with Crippen LogP contribution in [0.5, 0.6) is 0 Å². The van der Waals surface area contributed by atoms with Crippen LogP contribution in [0.25, 0.3) is 0 Å². The van der Waals surface area contributed by atoms with E-state index in [2.05, 4.69) is 30.9 Å². The van der Waals surface area contributed by atoms with E-state index in [1.54, 1.807) is 19.1 Å². The number of carboxylic acids is 1. The Balaban J connectivity index is 2.27. The van der Waals surface area contributed by atoms with Gasteiger partial charge in [0.1, 0.15) is 0 Å². The van der Waals surface area contributed by atoms with Gasteiger partial charge in [0.2, 0.25) is 17.8 Å². The number of nitrogens with two attached hydrogens (primary N) is 2. The number of aromatic carboxylic acids is 1. The Morgan fingerprint density at radius 3 is 2.62 bits per heavy atom. The first-order chi connectivity index (χ1) is 11.5. The molecule has 0 aliphatic carbocycles. The second-order valence-electron chi connectivity index (χ2n) is 4.97. The highest BCUT2D eigenvalue weighted by atomic mass is 16.4. The molecular formula is C14H20N8O2. The quantitative estimate of drug-likeness (QED) is 0.373. The molecule has 1 heterocycles. The van der Waals surface area contributed by atoms with Crippen LogP contribution in [0.1, 0.15) is 17.3 Å². The fraction of sp³-hybridized carbons (Fsp3) is 0.286. The largest absolute Gasteiger partial charge is 0.478 e. The van der Waals surface area contributed by atoms with E-state index in [4.69, 9.17) is 16.6 Å². The molecule has 2 aromatic rings. The van der Waals surface area contributed by atoms with Crippen LogP contribution in [-0.2, 0) is 0 Å². The van der Waals surface area contributed by atoms with Crippen LogP contribution in [0.15, 0.2) is 24.3 Å². The van der Waals surface area contributed by atoms with Gasteiger partial charge in [-0.05, 0) is 25.1 Å². The maximum atomic E-state index is 11.0. The number of carbonyl (C=O) groups is 1. The molecule has 10 nitrogen and oxygen atoms in total. The van der Waals surface area contributed by atoms with E-state index in [-0.39, 0.29) is 23.6 Å². The van der Waals surface area contributed by atoms with Gasteiger partial charge in [-0.25, -0.2) is 4.79 Å². The van der Waals surface area contributed by atoms with Gasteiger partial charge in [0, 0.05) is 18.8 Å². The van der Waals surface area contributed by atoms with Crippen molar-refractivity contribution >= 4 is 29.5 Å². The third-order valence-electron chi connectivity index (χ3n) is 2.79. The Labute approximate surface area is 138 Å². The SMILES string of the molecule is CC(N)Nc1nc(NCCN)nc(Nc2cccc(C(=O)O)c2)n1. The van der Waals surface area contributed by atoms with Crippen LogP contribution < -0.4 is 27.4 Å². The zero-order chi connectivity index (χ0) is 17.5. The molecule has 128 valence electrons. The van der Waals surface area contributed by atoms with Crippen LogP contribution in [-0.4, -0.2) is 45.3 Å². The summed E-state index contributed by atoms with van der Waals surface area (Å²) in [6, 6.07) is 6.32. The van der Waals surface area contributed by atoms with Crippen LogP contribution in [0.3, 0.4) is 0 Å². The standard InChI is InChI=1S/C14H20N8O2/c1-8(16)18-13-20-12(17-6-5-15)21-14(22-13)19-10-4-2-3-9(7-10)11(23)24/h2-4,7-8H,5-6,15-16H2,1H3,(H,23,24)(H3,17,18,19,20,21,22). The van der Waals surface area contributed by atoms with Crippen molar-refractivity contribution in [2.45, 2.75) is 13.1 Å². The normalized spacial score (nSPS) is 11.6. The van der Waals surface area contributed by atoms with Crippen molar-refractivity contribution in [3.63, 3.8) is 0 Å². The summed E-state index contributed by atoms with van der Waals surface area (Å²) in [6.07, 6.45) is -0.349. The van der Waals surface area contributed by atoms with Gasteiger partial charge < -0.3 is 32.5 Å². The Morgan fingerprint density at radius 1 is 1.25 bits per heavy atom. The molecule has 1 aromatic heterocycles. The zero-order valence-electron chi connectivity index (χ0n) is 13.2. The van der Waals surface area contributed by atoms with Crippen LogP contribution in [0, 0.1) is 0 Å². The highest BCUT2D eigenvalue weighted by Gasteiger charge is 2.09. The van der Waals surface area contributed by atoms with E-state index < -0.39 is 5.97 Å². The average Bonchev–Trinajstić information content (AvgIpc) is 2.52. The number of hydrogen-bond donors (Lipinski definition) is 6. The van der Waals surface area contributed by atoms with Crippen LogP contribution in [0.4, 0.5) is 23.5 Å². The molecule has 0 fully saturated rings. The van der Waals surface area contributed by atoms with Gasteiger partial charge in [-0.2, -0.15) is 15.0 Å². The van der Waals surface area contributed by atoms with Crippen molar-refractivity contribution in [1.29, 1.82) is 0 Å². The topological polar surface area (TPSA) is 164 Å². The highest BCUT2D eigenvalue weighted by Crippen LogP contribution is 2.17. The van der Waals surface area contributed by atoms with E-state index >= 15 is 0 Å². The van der Waals surface area contributed by atoms with Gasteiger partial charge in [-0.15, -0.1) is 0 Å². The first kappa shape index (κ1) is 17.4. The lowest BCUT2D eigenvalue weighted by Crippen LogP contribution is -2.27. The van der Waals surface area contributed by atoms with Crippen molar-refractivity contribution in [1.82, 2.24) is 15.0 Å². The lowest BCUT2D eigenvalue weighted by Gasteiger charge is -2.12. The lowest BCUT2D eigenvalue weighted by molar-refractivity contribution is 0.0697. The molecule has 1 aromatic carbocycles. The van der Waals surface area contributed by atoms with E-state index in [0.29, 0.717) is 24.7 Å². The molecule has 0 spiro atoms. The molecule has 8 N–H and O–H groups in total.